The molecular weight excluding hydrogens is 290 g/mol. The zero-order valence-electron chi connectivity index (χ0n) is 11.9. The number of amides is 1. The Labute approximate surface area is 126 Å². The van der Waals surface area contributed by atoms with E-state index in [0.29, 0.717) is 16.3 Å². The van der Waals surface area contributed by atoms with Crippen LogP contribution in [0.15, 0.2) is 28.0 Å². The van der Waals surface area contributed by atoms with Crippen LogP contribution < -0.4 is 5.32 Å². The molecule has 0 radical (unpaired) electrons. The summed E-state index contributed by atoms with van der Waals surface area (Å²) in [4.78, 5) is 23.9. The summed E-state index contributed by atoms with van der Waals surface area (Å²) in [5.41, 5.74) is 1.30. The van der Waals surface area contributed by atoms with Gasteiger partial charge >= 0.3 is 5.97 Å². The van der Waals surface area contributed by atoms with Crippen molar-refractivity contribution in [2.24, 2.45) is 0 Å². The van der Waals surface area contributed by atoms with E-state index < -0.39 is 5.97 Å². The van der Waals surface area contributed by atoms with Crippen LogP contribution in [0, 0.1) is 13.8 Å². The van der Waals surface area contributed by atoms with Crippen LogP contribution in [-0.2, 0) is 9.53 Å². The molecule has 110 valence electrons. The van der Waals surface area contributed by atoms with E-state index in [0.717, 1.165) is 11.3 Å². The lowest BCUT2D eigenvalue weighted by atomic mass is 10.2. The van der Waals surface area contributed by atoms with E-state index in [-0.39, 0.29) is 5.91 Å². The monoisotopic (exact) mass is 305 g/mol. The number of nitrogens with one attached hydrogen (secondary N) is 1. The molecule has 0 saturated carbocycles. The van der Waals surface area contributed by atoms with Crippen molar-refractivity contribution in [1.29, 1.82) is 0 Å². The second-order valence-electron chi connectivity index (χ2n) is 4.39. The minimum absolute atomic E-state index is 0.337. The van der Waals surface area contributed by atoms with Crippen molar-refractivity contribution in [3.8, 4) is 0 Å². The molecule has 0 aromatic carbocycles. The number of aryl methyl sites for hydroxylation is 2. The first-order chi connectivity index (χ1) is 10.0. The summed E-state index contributed by atoms with van der Waals surface area (Å²) in [6.45, 7) is 3.65. The van der Waals surface area contributed by atoms with Crippen LogP contribution in [0.1, 0.15) is 26.8 Å². The normalized spacial score (nSPS) is 10.8. The molecule has 0 bridgehead atoms. The molecule has 1 N–H and O–H groups in total. The van der Waals surface area contributed by atoms with Gasteiger partial charge in [-0.1, -0.05) is 0 Å². The first kappa shape index (κ1) is 15.1. The molecule has 0 atom stereocenters. The summed E-state index contributed by atoms with van der Waals surface area (Å²) < 4.78 is 10.0. The van der Waals surface area contributed by atoms with E-state index in [4.69, 9.17) is 9.15 Å². The van der Waals surface area contributed by atoms with Crippen molar-refractivity contribution < 1.29 is 18.7 Å². The van der Waals surface area contributed by atoms with E-state index in [1.165, 1.54) is 24.5 Å². The number of anilines is 1. The SMILES string of the molecule is COC(=O)c1scc(C)c1NC(=O)/C=C/c1ccc(C)o1. The maximum Gasteiger partial charge on any atom is 0.350 e. The van der Waals surface area contributed by atoms with Crippen LogP contribution in [-0.4, -0.2) is 19.0 Å². The number of thiophene rings is 1. The number of methoxy groups -OCH3 is 1. The minimum Gasteiger partial charge on any atom is -0.465 e. The Kier molecular flexibility index (Phi) is 4.59. The molecule has 0 unspecified atom stereocenters. The van der Waals surface area contributed by atoms with Gasteiger partial charge in [-0.25, -0.2) is 4.79 Å². The lowest BCUT2D eigenvalue weighted by Gasteiger charge is -2.04. The maximum atomic E-state index is 11.9. The molecule has 2 aromatic heterocycles. The highest BCUT2D eigenvalue weighted by Gasteiger charge is 2.17. The first-order valence-electron chi connectivity index (χ1n) is 6.23. The van der Waals surface area contributed by atoms with E-state index in [1.54, 1.807) is 17.5 Å². The lowest BCUT2D eigenvalue weighted by Crippen LogP contribution is -2.11. The Morgan fingerprint density at radius 2 is 2.10 bits per heavy atom. The molecule has 0 aliphatic heterocycles. The van der Waals surface area contributed by atoms with Gasteiger partial charge in [0.25, 0.3) is 0 Å². The fourth-order valence-electron chi connectivity index (χ4n) is 1.71. The topological polar surface area (TPSA) is 68.5 Å². The number of hydrogen-bond acceptors (Lipinski definition) is 5. The molecule has 5 nitrogen and oxygen atoms in total. The molecular formula is C15H15NO4S. The number of furan rings is 1. The molecule has 0 aliphatic rings. The second kappa shape index (κ2) is 6.41. The Morgan fingerprint density at radius 1 is 1.33 bits per heavy atom. The van der Waals surface area contributed by atoms with Crippen LogP contribution in [0.25, 0.3) is 6.08 Å². The van der Waals surface area contributed by atoms with Gasteiger partial charge in [-0.3, -0.25) is 4.79 Å². The van der Waals surface area contributed by atoms with Crippen molar-refractivity contribution in [3.63, 3.8) is 0 Å². The highest BCUT2D eigenvalue weighted by molar-refractivity contribution is 7.12. The van der Waals surface area contributed by atoms with Gasteiger partial charge in [-0.05, 0) is 43.0 Å². The predicted octanol–water partition coefficient (Wildman–Crippen LogP) is 3.40. The van der Waals surface area contributed by atoms with Crippen LogP contribution in [0.5, 0.6) is 0 Å². The Morgan fingerprint density at radius 3 is 2.71 bits per heavy atom. The van der Waals surface area contributed by atoms with E-state index >= 15 is 0 Å². The molecule has 2 aromatic rings. The van der Waals surface area contributed by atoms with Gasteiger partial charge in [0.15, 0.2) is 0 Å². The van der Waals surface area contributed by atoms with Crippen molar-refractivity contribution in [2.75, 3.05) is 12.4 Å². The number of carbonyl (C=O) groups excluding carboxylic acids is 2. The molecule has 0 aliphatic carbocycles. The number of ether oxygens (including phenoxy) is 1. The quantitative estimate of drug-likeness (QED) is 0.694. The summed E-state index contributed by atoms with van der Waals surface area (Å²) in [7, 11) is 1.31. The summed E-state index contributed by atoms with van der Waals surface area (Å²) in [5, 5.41) is 4.49. The molecule has 2 rings (SSSR count). The van der Waals surface area contributed by atoms with Gasteiger partial charge in [0.1, 0.15) is 16.4 Å². The molecule has 0 fully saturated rings. The van der Waals surface area contributed by atoms with Gasteiger partial charge in [0.2, 0.25) is 5.91 Å². The Balaban J connectivity index is 2.11. The second-order valence-corrected chi connectivity index (χ2v) is 5.27. The summed E-state index contributed by atoms with van der Waals surface area (Å²) in [5.74, 6) is 0.569. The van der Waals surface area contributed by atoms with Crippen molar-refractivity contribution in [1.82, 2.24) is 0 Å². The van der Waals surface area contributed by atoms with Gasteiger partial charge in [-0.15, -0.1) is 11.3 Å². The number of hydrogen-bond donors (Lipinski definition) is 1. The third-order valence-electron chi connectivity index (χ3n) is 2.75. The fourth-order valence-corrected chi connectivity index (χ4v) is 2.63. The zero-order chi connectivity index (χ0) is 15.4. The molecule has 6 heteroatoms. The van der Waals surface area contributed by atoms with Gasteiger partial charge in [-0.2, -0.15) is 0 Å². The van der Waals surface area contributed by atoms with E-state index in [9.17, 15) is 9.59 Å². The van der Waals surface area contributed by atoms with E-state index in [2.05, 4.69) is 5.32 Å². The van der Waals surface area contributed by atoms with Crippen LogP contribution in [0.2, 0.25) is 0 Å². The standard InChI is InChI=1S/C15H15NO4S/c1-9-8-21-14(15(18)19-3)13(9)16-12(17)7-6-11-5-4-10(2)20-11/h4-8H,1-3H3,(H,16,17)/b7-6+. The zero-order valence-corrected chi connectivity index (χ0v) is 12.7. The highest BCUT2D eigenvalue weighted by atomic mass is 32.1. The van der Waals surface area contributed by atoms with Gasteiger partial charge in [0, 0.05) is 6.08 Å². The average molecular weight is 305 g/mol. The van der Waals surface area contributed by atoms with Crippen molar-refractivity contribution in [3.05, 3.63) is 45.5 Å². The fraction of sp³-hybridized carbons (Fsp3) is 0.200. The number of esters is 1. The largest absolute Gasteiger partial charge is 0.465 e. The lowest BCUT2D eigenvalue weighted by molar-refractivity contribution is -0.111. The van der Waals surface area contributed by atoms with Gasteiger partial charge in [0.05, 0.1) is 12.8 Å². The van der Waals surface area contributed by atoms with Crippen molar-refractivity contribution in [2.45, 2.75) is 13.8 Å². The molecule has 2 heterocycles. The summed E-state index contributed by atoms with van der Waals surface area (Å²) in [6, 6.07) is 3.59. The minimum atomic E-state index is -0.464. The summed E-state index contributed by atoms with van der Waals surface area (Å²) in [6.07, 6.45) is 2.93. The van der Waals surface area contributed by atoms with Crippen LogP contribution in [0.3, 0.4) is 0 Å². The molecule has 21 heavy (non-hydrogen) atoms. The maximum absolute atomic E-state index is 11.9. The third-order valence-corrected chi connectivity index (χ3v) is 3.83. The third kappa shape index (κ3) is 3.61. The number of rotatable bonds is 4. The summed E-state index contributed by atoms with van der Waals surface area (Å²) >= 11 is 1.24. The smallest absolute Gasteiger partial charge is 0.350 e. The van der Waals surface area contributed by atoms with Crippen molar-refractivity contribution >= 4 is 35.0 Å². The first-order valence-corrected chi connectivity index (χ1v) is 7.11. The number of carbonyl (C=O) groups is 2. The van der Waals surface area contributed by atoms with Gasteiger partial charge < -0.3 is 14.5 Å². The molecule has 1 amide bonds. The van der Waals surface area contributed by atoms with Crippen LogP contribution in [0.4, 0.5) is 5.69 Å². The predicted molar refractivity (Wildman–Crippen MR) is 81.5 cm³/mol. The van der Waals surface area contributed by atoms with E-state index in [1.807, 2.05) is 19.9 Å². The Hall–Kier alpha value is -2.34. The Bertz CT molecular complexity index is 696. The highest BCUT2D eigenvalue weighted by Crippen LogP contribution is 2.28. The molecule has 0 spiro atoms. The molecule has 0 saturated heterocycles. The van der Waals surface area contributed by atoms with Crippen LogP contribution >= 0.6 is 11.3 Å². The average Bonchev–Trinajstić information content (AvgIpc) is 3.03.